The molecule has 0 saturated carbocycles. The van der Waals surface area contributed by atoms with Gasteiger partial charge in [0.15, 0.2) is 0 Å². The van der Waals surface area contributed by atoms with Crippen molar-refractivity contribution in [2.24, 2.45) is 0 Å². The molecule has 7 heteroatoms. The quantitative estimate of drug-likeness (QED) is 0.178. The van der Waals surface area contributed by atoms with Crippen LogP contribution in [-0.2, 0) is 17.4 Å². The van der Waals surface area contributed by atoms with Crippen LogP contribution in [0.1, 0.15) is 34.6 Å². The van der Waals surface area contributed by atoms with Gasteiger partial charge in [-0.25, -0.2) is 0 Å². The Hall–Kier alpha value is 0.474. The Morgan fingerprint density at radius 2 is 0.909 bits per heavy atom. The molecule has 0 heterocycles. The van der Waals surface area contributed by atoms with E-state index in [1.54, 1.807) is 0 Å². The van der Waals surface area contributed by atoms with E-state index >= 15 is 0 Å². The van der Waals surface area contributed by atoms with E-state index in [0.29, 0.717) is 4.22 Å². The summed E-state index contributed by atoms with van der Waals surface area (Å²) in [6.45, 7) is 20.4. The molecule has 0 radical (unpaired) electrons. The Balaban J connectivity index is 4.48. The van der Waals surface area contributed by atoms with Crippen LogP contribution in [-0.4, -0.2) is 58.9 Å². The third kappa shape index (κ3) is 10.3. The molecule has 6 N–H and O–H groups in total. The van der Waals surface area contributed by atoms with Crippen LogP contribution in [0.3, 0.4) is 0 Å². The average Bonchev–Trinajstić information content (AvgIpc) is 2.51. The molecule has 0 aromatic carbocycles. The van der Waals surface area contributed by atoms with E-state index in [9.17, 15) is 0 Å². The van der Waals surface area contributed by atoms with Crippen LogP contribution in [0.25, 0.3) is 0 Å². The summed E-state index contributed by atoms with van der Waals surface area (Å²) in [6.07, 6.45) is 0. The van der Waals surface area contributed by atoms with Crippen molar-refractivity contribution < 1.29 is 17.4 Å². The second-order valence-electron chi connectivity index (χ2n) is 5.80. The number of hydrogen-bond acceptors (Lipinski definition) is 6. The van der Waals surface area contributed by atoms with Crippen LogP contribution >= 0.6 is 0 Å². The standard InChI is InChI=1S/3C4H11N2.C3H7.Ti/c3*1-2-6-4-3-5;1-3-2;/h3*5-6H,2-4H2,1H3;3H,1-2H3;/q3*-1;;+3. The van der Waals surface area contributed by atoms with Crippen molar-refractivity contribution in [3.63, 3.8) is 0 Å². The van der Waals surface area contributed by atoms with Gasteiger partial charge in [0.2, 0.25) is 0 Å². The SMILES string of the molecule is CCNCC[NH][Ti]([NH]CCNCC)([NH]CCNCC)[CH](C)C. The molecule has 22 heavy (non-hydrogen) atoms. The van der Waals surface area contributed by atoms with E-state index in [2.05, 4.69) is 62.0 Å². The Kier molecular flexibility index (Phi) is 15.4. The van der Waals surface area contributed by atoms with Crippen molar-refractivity contribution in [3.05, 3.63) is 0 Å². The Morgan fingerprint density at radius 1 is 0.591 bits per heavy atom. The first kappa shape index (κ1) is 22.5. The van der Waals surface area contributed by atoms with Crippen LogP contribution in [0.4, 0.5) is 0 Å². The summed E-state index contributed by atoms with van der Waals surface area (Å²) >= 11 is -2.48. The zero-order chi connectivity index (χ0) is 16.7. The molecule has 0 aliphatic carbocycles. The van der Waals surface area contributed by atoms with Gasteiger partial charge in [0.1, 0.15) is 0 Å². The monoisotopic (exact) mass is 352 g/mol. The predicted molar refractivity (Wildman–Crippen MR) is 94.7 cm³/mol. The zero-order valence-corrected chi connectivity index (χ0v) is 17.0. The van der Waals surface area contributed by atoms with E-state index < -0.39 is 17.4 Å². The van der Waals surface area contributed by atoms with Crippen LogP contribution in [0.15, 0.2) is 0 Å². The van der Waals surface area contributed by atoms with Crippen LogP contribution in [0, 0.1) is 0 Å². The van der Waals surface area contributed by atoms with Gasteiger partial charge in [0.25, 0.3) is 0 Å². The van der Waals surface area contributed by atoms with Gasteiger partial charge in [0, 0.05) is 0 Å². The molecule has 134 valence electrons. The molecular weight excluding hydrogens is 312 g/mol. The summed E-state index contributed by atoms with van der Waals surface area (Å²) in [5.74, 6) is 0. The first-order chi connectivity index (χ1) is 10.6. The molecule has 0 bridgehead atoms. The van der Waals surface area contributed by atoms with Crippen LogP contribution in [0.5, 0.6) is 0 Å². The van der Waals surface area contributed by atoms with Gasteiger partial charge in [0.05, 0.1) is 0 Å². The van der Waals surface area contributed by atoms with E-state index in [1.165, 1.54) is 0 Å². The predicted octanol–water partition coefficient (Wildman–Crippen LogP) is 0.311. The average molecular weight is 352 g/mol. The van der Waals surface area contributed by atoms with Crippen molar-refractivity contribution in [1.82, 2.24) is 27.3 Å². The molecule has 0 unspecified atom stereocenters. The van der Waals surface area contributed by atoms with Crippen molar-refractivity contribution >= 4 is 0 Å². The molecule has 0 amide bonds. The van der Waals surface area contributed by atoms with E-state index in [1.807, 2.05) is 0 Å². The van der Waals surface area contributed by atoms with Crippen LogP contribution in [0.2, 0.25) is 4.22 Å². The molecule has 0 rings (SSSR count). The minimum atomic E-state index is -2.48. The first-order valence-electron chi connectivity index (χ1n) is 9.00. The summed E-state index contributed by atoms with van der Waals surface area (Å²) < 4.78 is 12.2. The van der Waals surface area contributed by atoms with Gasteiger partial charge < -0.3 is 0 Å². The number of nitrogens with one attached hydrogen (secondary N) is 6. The van der Waals surface area contributed by atoms with Gasteiger partial charge >= 0.3 is 142 Å². The second kappa shape index (κ2) is 15.0. The summed E-state index contributed by atoms with van der Waals surface area (Å²) in [4.78, 5) is 0. The number of hydrogen-bond donors (Lipinski definition) is 6. The molecule has 0 spiro atoms. The zero-order valence-electron chi connectivity index (χ0n) is 15.4. The number of rotatable bonds is 16. The van der Waals surface area contributed by atoms with E-state index in [4.69, 9.17) is 0 Å². The Morgan fingerprint density at radius 3 is 1.14 bits per heavy atom. The second-order valence-corrected chi connectivity index (χ2v) is 11.8. The van der Waals surface area contributed by atoms with E-state index in [-0.39, 0.29) is 0 Å². The Labute approximate surface area is 142 Å². The van der Waals surface area contributed by atoms with Crippen molar-refractivity contribution in [2.75, 3.05) is 58.9 Å². The third-order valence-electron chi connectivity index (χ3n) is 3.73. The maximum atomic E-state index is 3.87. The van der Waals surface area contributed by atoms with Crippen LogP contribution < -0.4 is 27.3 Å². The molecule has 6 nitrogen and oxygen atoms in total. The van der Waals surface area contributed by atoms with Crippen molar-refractivity contribution in [1.29, 1.82) is 0 Å². The fraction of sp³-hybridized carbons (Fsp3) is 1.00. The van der Waals surface area contributed by atoms with Gasteiger partial charge in [-0.2, -0.15) is 0 Å². The molecule has 0 aromatic rings. The van der Waals surface area contributed by atoms with Crippen molar-refractivity contribution in [2.45, 2.75) is 38.8 Å². The third-order valence-corrected chi connectivity index (χ3v) is 10.2. The number of likely N-dealkylation sites (N-methyl/N-ethyl adjacent to an activating group) is 3. The summed E-state index contributed by atoms with van der Waals surface area (Å²) in [5, 5.41) is 10.2. The van der Waals surface area contributed by atoms with Crippen molar-refractivity contribution in [3.8, 4) is 0 Å². The topological polar surface area (TPSA) is 72.2 Å². The molecule has 0 aromatic heterocycles. The summed E-state index contributed by atoms with van der Waals surface area (Å²) in [5.41, 5.74) is 0. The molecule has 0 fully saturated rings. The fourth-order valence-corrected chi connectivity index (χ4v) is 7.31. The molecule has 0 saturated heterocycles. The van der Waals surface area contributed by atoms with Gasteiger partial charge in [-0.3, -0.25) is 0 Å². The van der Waals surface area contributed by atoms with E-state index in [0.717, 1.165) is 58.9 Å². The fourth-order valence-electron chi connectivity index (χ4n) is 2.37. The maximum absolute atomic E-state index is 3.87. The molecule has 0 atom stereocenters. The minimum absolute atomic E-state index is 0.630. The summed E-state index contributed by atoms with van der Waals surface area (Å²) in [7, 11) is 0. The van der Waals surface area contributed by atoms with Gasteiger partial charge in [-0.1, -0.05) is 0 Å². The molecule has 0 aliphatic heterocycles. The van der Waals surface area contributed by atoms with Gasteiger partial charge in [-0.05, 0) is 0 Å². The normalized spacial score (nSPS) is 12.3. The molecule has 0 aliphatic rings. The Bertz CT molecular complexity index is 209. The summed E-state index contributed by atoms with van der Waals surface area (Å²) in [6, 6.07) is 0. The van der Waals surface area contributed by atoms with Gasteiger partial charge in [-0.15, -0.1) is 0 Å². The first-order valence-corrected chi connectivity index (χ1v) is 12.2. The molecular formula is C15H40N6Ti.